The molecule has 1 aromatic rings. The number of rotatable bonds is 0. The predicted molar refractivity (Wildman–Crippen MR) is 64.9 cm³/mol. The molecular weight excluding hydrogens is 388 g/mol. The van der Waals surface area contributed by atoms with Crippen molar-refractivity contribution in [3.05, 3.63) is 36.4 Å². The van der Waals surface area contributed by atoms with Gasteiger partial charge in [-0.25, -0.2) is 0 Å². The standard InChI is InChI=1S/C6H6.CHBr3O2S/c1-2-4-6-5-3-1;2-1(3,4)7(5)6/h1-6H;(H,5,6)/p-1. The van der Waals surface area contributed by atoms with E-state index in [2.05, 4.69) is 47.8 Å². The van der Waals surface area contributed by atoms with Gasteiger partial charge in [-0.1, -0.05) is 36.4 Å². The van der Waals surface area contributed by atoms with Gasteiger partial charge >= 0.3 is 0 Å². The minimum atomic E-state index is -2.18. The molecule has 74 valence electrons. The molecule has 0 bridgehead atoms. The Hall–Kier alpha value is 0.770. The lowest BCUT2D eigenvalue weighted by Gasteiger charge is -2.13. The Morgan fingerprint density at radius 2 is 1.08 bits per heavy atom. The highest BCUT2D eigenvalue weighted by atomic mass is 80.0. The summed E-state index contributed by atoms with van der Waals surface area (Å²) in [4.78, 5) is 0. The van der Waals surface area contributed by atoms with Crippen LogP contribution in [0, 0.1) is 0 Å². The van der Waals surface area contributed by atoms with Gasteiger partial charge in [-0.3, -0.25) is 4.21 Å². The van der Waals surface area contributed by atoms with E-state index in [1.807, 2.05) is 36.4 Å². The lowest BCUT2D eigenvalue weighted by molar-refractivity contribution is 0.540. The van der Waals surface area contributed by atoms with Crippen LogP contribution >= 0.6 is 47.8 Å². The van der Waals surface area contributed by atoms with Crippen LogP contribution in [0.1, 0.15) is 0 Å². The van der Waals surface area contributed by atoms with Crippen molar-refractivity contribution in [2.75, 3.05) is 0 Å². The van der Waals surface area contributed by atoms with Gasteiger partial charge in [0.2, 0.25) is 0 Å². The van der Waals surface area contributed by atoms with Crippen molar-refractivity contribution in [1.29, 1.82) is 0 Å². The van der Waals surface area contributed by atoms with Crippen LogP contribution in [-0.2, 0) is 11.1 Å². The van der Waals surface area contributed by atoms with E-state index >= 15 is 0 Å². The summed E-state index contributed by atoms with van der Waals surface area (Å²) in [6.45, 7) is 0. The molecule has 0 aliphatic carbocycles. The maximum Gasteiger partial charge on any atom is 0.195 e. The summed E-state index contributed by atoms with van der Waals surface area (Å²) in [5.41, 5.74) is 0. The van der Waals surface area contributed by atoms with Crippen molar-refractivity contribution in [2.24, 2.45) is 0 Å². The molecule has 0 N–H and O–H groups in total. The molecule has 0 amide bonds. The summed E-state index contributed by atoms with van der Waals surface area (Å²) >= 11 is 6.11. The minimum absolute atomic E-state index is 1.15. The number of hydrogen-bond donors (Lipinski definition) is 0. The Labute approximate surface area is 105 Å². The molecule has 0 saturated heterocycles. The zero-order chi connectivity index (χ0) is 10.3. The third-order valence-corrected chi connectivity index (χ3v) is 3.61. The SMILES string of the molecule is O=S([O-])C(Br)(Br)Br.c1ccccc1. The van der Waals surface area contributed by atoms with Crippen LogP contribution in [0.25, 0.3) is 0 Å². The predicted octanol–water partition coefficient (Wildman–Crippen LogP) is 3.35. The topological polar surface area (TPSA) is 40.1 Å². The van der Waals surface area contributed by atoms with Crippen LogP contribution < -0.4 is 0 Å². The third-order valence-electron chi connectivity index (χ3n) is 0.856. The fourth-order valence-electron chi connectivity index (χ4n) is 0.385. The quantitative estimate of drug-likeness (QED) is 0.501. The van der Waals surface area contributed by atoms with Gasteiger partial charge < -0.3 is 4.55 Å². The van der Waals surface area contributed by atoms with Crippen LogP contribution in [0.15, 0.2) is 36.4 Å². The summed E-state index contributed by atoms with van der Waals surface area (Å²) in [5.74, 6) is 0. The maximum atomic E-state index is 9.88. The summed E-state index contributed by atoms with van der Waals surface area (Å²) < 4.78 is 18.6. The van der Waals surface area contributed by atoms with Crippen molar-refractivity contribution in [3.8, 4) is 0 Å². The molecule has 0 fully saturated rings. The first kappa shape index (κ1) is 13.8. The van der Waals surface area contributed by atoms with E-state index in [1.54, 1.807) is 0 Å². The molecule has 0 heterocycles. The largest absolute Gasteiger partial charge is 0.770 e. The molecule has 0 saturated carbocycles. The van der Waals surface area contributed by atoms with Gasteiger partial charge in [-0.05, 0) is 58.9 Å². The second-order valence-electron chi connectivity index (χ2n) is 1.84. The molecular formula is C7H6Br3O2S-. The summed E-state index contributed by atoms with van der Waals surface area (Å²) in [5, 5.41) is 0. The molecule has 1 aromatic carbocycles. The average Bonchev–Trinajstić information content (AvgIpc) is 2.07. The first-order valence-electron chi connectivity index (χ1n) is 3.10. The first-order valence-corrected chi connectivity index (χ1v) is 6.56. The van der Waals surface area contributed by atoms with E-state index in [0.717, 1.165) is 0 Å². The van der Waals surface area contributed by atoms with E-state index in [1.165, 1.54) is 0 Å². The fourth-order valence-corrected chi connectivity index (χ4v) is 0.385. The van der Waals surface area contributed by atoms with Gasteiger partial charge in [-0.15, -0.1) is 0 Å². The van der Waals surface area contributed by atoms with Gasteiger partial charge in [-0.2, -0.15) is 0 Å². The van der Waals surface area contributed by atoms with Crippen LogP contribution in [0.3, 0.4) is 0 Å². The van der Waals surface area contributed by atoms with E-state index < -0.39 is 12.6 Å². The highest BCUT2D eigenvalue weighted by molar-refractivity contribution is 9.42. The lowest BCUT2D eigenvalue weighted by Crippen LogP contribution is -2.07. The van der Waals surface area contributed by atoms with E-state index in [-0.39, 0.29) is 0 Å². The van der Waals surface area contributed by atoms with Gasteiger partial charge in [0.1, 0.15) is 0 Å². The summed E-state index contributed by atoms with van der Waals surface area (Å²) in [6, 6.07) is 12.0. The second kappa shape index (κ2) is 7.11. The van der Waals surface area contributed by atoms with Gasteiger partial charge in [0, 0.05) is 0 Å². The number of halogens is 3. The summed E-state index contributed by atoms with van der Waals surface area (Å²) in [6.07, 6.45) is 0. The van der Waals surface area contributed by atoms with Crippen molar-refractivity contribution < 1.29 is 8.76 Å². The Bertz CT molecular complexity index is 221. The van der Waals surface area contributed by atoms with Crippen molar-refractivity contribution in [3.63, 3.8) is 0 Å². The normalized spacial score (nSPS) is 12.6. The maximum absolute atomic E-state index is 9.88. The highest BCUT2D eigenvalue weighted by Gasteiger charge is 2.17. The molecule has 1 rings (SSSR count). The van der Waals surface area contributed by atoms with Crippen LogP contribution in [0.2, 0.25) is 0 Å². The molecule has 0 aliphatic rings. The van der Waals surface area contributed by atoms with E-state index in [4.69, 9.17) is 0 Å². The molecule has 6 heteroatoms. The van der Waals surface area contributed by atoms with Crippen LogP contribution in [0.5, 0.6) is 0 Å². The zero-order valence-electron chi connectivity index (χ0n) is 6.32. The monoisotopic (exact) mass is 391 g/mol. The first-order chi connectivity index (χ1) is 5.94. The van der Waals surface area contributed by atoms with E-state index in [0.29, 0.717) is 0 Å². The Morgan fingerprint density at radius 3 is 1.15 bits per heavy atom. The lowest BCUT2D eigenvalue weighted by atomic mass is 10.4. The molecule has 0 radical (unpaired) electrons. The van der Waals surface area contributed by atoms with Crippen molar-refractivity contribution in [2.45, 2.75) is 1.47 Å². The molecule has 0 spiro atoms. The van der Waals surface area contributed by atoms with E-state index in [9.17, 15) is 8.76 Å². The van der Waals surface area contributed by atoms with Gasteiger partial charge in [0.05, 0.1) is 0 Å². The van der Waals surface area contributed by atoms with Crippen LogP contribution in [0.4, 0.5) is 0 Å². The molecule has 1 unspecified atom stereocenters. The number of hydrogen-bond acceptors (Lipinski definition) is 2. The molecule has 0 aliphatic heterocycles. The Balaban J connectivity index is 0.000000223. The van der Waals surface area contributed by atoms with Crippen molar-refractivity contribution in [1.82, 2.24) is 0 Å². The zero-order valence-corrected chi connectivity index (χ0v) is 11.9. The fraction of sp³-hybridized carbons (Fsp3) is 0.143. The molecule has 13 heavy (non-hydrogen) atoms. The number of alkyl halides is 3. The second-order valence-corrected chi connectivity index (χ2v) is 11.3. The smallest absolute Gasteiger partial charge is 0.195 e. The van der Waals surface area contributed by atoms with Gasteiger partial charge in [0.25, 0.3) is 0 Å². The highest BCUT2D eigenvalue weighted by Crippen LogP contribution is 2.35. The third kappa shape index (κ3) is 9.08. The molecule has 1 atom stereocenters. The number of benzene rings is 1. The average molecular weight is 394 g/mol. The van der Waals surface area contributed by atoms with Gasteiger partial charge in [0.15, 0.2) is 1.47 Å². The minimum Gasteiger partial charge on any atom is -0.770 e. The Kier molecular flexibility index (Phi) is 7.53. The molecule has 0 aromatic heterocycles. The summed E-state index contributed by atoms with van der Waals surface area (Å²) in [7, 11) is 0. The Morgan fingerprint density at radius 1 is 0.923 bits per heavy atom. The van der Waals surface area contributed by atoms with Crippen LogP contribution in [-0.4, -0.2) is 10.2 Å². The van der Waals surface area contributed by atoms with Crippen molar-refractivity contribution >= 4 is 58.9 Å². The molecule has 2 nitrogen and oxygen atoms in total.